The first-order valence-corrected chi connectivity index (χ1v) is 12.4. The third kappa shape index (κ3) is 6.11. The van der Waals surface area contributed by atoms with Crippen LogP contribution in [0.15, 0.2) is 78.0 Å². The zero-order valence-corrected chi connectivity index (χ0v) is 20.4. The molecule has 0 bridgehead atoms. The van der Waals surface area contributed by atoms with Gasteiger partial charge in [-0.2, -0.15) is 4.98 Å². The number of aryl methyl sites for hydroxylation is 2. The van der Waals surface area contributed by atoms with Crippen LogP contribution in [0.25, 0.3) is 0 Å². The van der Waals surface area contributed by atoms with Gasteiger partial charge in [0, 0.05) is 29.3 Å². The van der Waals surface area contributed by atoms with Crippen molar-refractivity contribution in [1.82, 2.24) is 19.7 Å². The average molecular weight is 491 g/mol. The number of pyridine rings is 1. The minimum absolute atomic E-state index is 0.195. The van der Waals surface area contributed by atoms with Crippen LogP contribution in [0.4, 0.5) is 23.1 Å². The number of anilines is 4. The molecule has 3 N–H and O–H groups in total. The van der Waals surface area contributed by atoms with E-state index < -0.39 is 10.0 Å². The Morgan fingerprint density at radius 2 is 1.66 bits per heavy atom. The van der Waals surface area contributed by atoms with E-state index in [0.717, 1.165) is 22.7 Å². The highest BCUT2D eigenvalue weighted by Gasteiger charge is 2.15. The summed E-state index contributed by atoms with van der Waals surface area (Å²) in [6.07, 6.45) is 3.43. The Bertz CT molecular complexity index is 1410. The smallest absolute Gasteiger partial charge is 0.240 e. The molecule has 0 spiro atoms. The Kier molecular flexibility index (Phi) is 7.23. The lowest BCUT2D eigenvalue weighted by molar-refractivity contribution is 0.301. The molecule has 2 aromatic carbocycles. The van der Waals surface area contributed by atoms with Gasteiger partial charge in [0.05, 0.1) is 10.6 Å². The molecule has 4 aromatic rings. The fourth-order valence-electron chi connectivity index (χ4n) is 3.25. The van der Waals surface area contributed by atoms with Crippen molar-refractivity contribution in [2.45, 2.75) is 25.3 Å². The fourth-order valence-corrected chi connectivity index (χ4v) is 4.24. The zero-order chi connectivity index (χ0) is 24.8. The summed E-state index contributed by atoms with van der Waals surface area (Å²) in [5, 5.41) is 6.37. The van der Waals surface area contributed by atoms with Crippen LogP contribution in [0.5, 0.6) is 5.75 Å². The van der Waals surface area contributed by atoms with E-state index in [1.54, 1.807) is 37.5 Å². The molecule has 10 heteroatoms. The number of sulfonamides is 1. The standard InChI is InChI=1S/C25H26N6O3S/c1-17-7-8-20(14-23(17)35(32,33)26-3)30-25-28-15-18(2)24(31-25)29-19-9-11-22(12-10-19)34-16-21-6-4-5-13-27-21/h4-15,26H,16H2,1-3H3,(H2,28,29,30,31). The normalized spacial score (nSPS) is 11.2. The molecular weight excluding hydrogens is 464 g/mol. The van der Waals surface area contributed by atoms with Gasteiger partial charge in [-0.1, -0.05) is 12.1 Å². The van der Waals surface area contributed by atoms with Crippen molar-refractivity contribution in [3.63, 3.8) is 0 Å². The third-order valence-electron chi connectivity index (χ3n) is 5.20. The summed E-state index contributed by atoms with van der Waals surface area (Å²) in [5.74, 6) is 1.69. The van der Waals surface area contributed by atoms with Crippen molar-refractivity contribution in [3.8, 4) is 5.75 Å². The van der Waals surface area contributed by atoms with Gasteiger partial charge in [-0.3, -0.25) is 4.98 Å². The molecule has 0 fully saturated rings. The topological polar surface area (TPSA) is 118 Å². The number of nitrogens with zero attached hydrogens (tertiary/aromatic N) is 3. The molecule has 0 saturated carbocycles. The summed E-state index contributed by atoms with van der Waals surface area (Å²) in [6.45, 7) is 4.04. The Morgan fingerprint density at radius 3 is 2.37 bits per heavy atom. The van der Waals surface area contributed by atoms with E-state index in [1.807, 2.05) is 49.4 Å². The molecule has 2 heterocycles. The van der Waals surface area contributed by atoms with Crippen molar-refractivity contribution >= 4 is 33.2 Å². The van der Waals surface area contributed by atoms with E-state index in [1.165, 1.54) is 7.05 Å². The molecule has 35 heavy (non-hydrogen) atoms. The van der Waals surface area contributed by atoms with Crippen LogP contribution >= 0.6 is 0 Å². The maximum atomic E-state index is 12.3. The summed E-state index contributed by atoms with van der Waals surface area (Å²) in [4.78, 5) is 13.3. The van der Waals surface area contributed by atoms with Crippen molar-refractivity contribution in [2.75, 3.05) is 17.7 Å². The highest BCUT2D eigenvalue weighted by Crippen LogP contribution is 2.25. The van der Waals surface area contributed by atoms with Crippen LogP contribution < -0.4 is 20.1 Å². The number of ether oxygens (including phenoxy) is 1. The van der Waals surface area contributed by atoms with Gasteiger partial charge in [0.15, 0.2) is 0 Å². The summed E-state index contributed by atoms with van der Waals surface area (Å²) in [6, 6.07) is 18.3. The largest absolute Gasteiger partial charge is 0.487 e. The van der Waals surface area contributed by atoms with Gasteiger partial charge in [-0.25, -0.2) is 18.1 Å². The number of hydrogen-bond acceptors (Lipinski definition) is 8. The monoisotopic (exact) mass is 490 g/mol. The Hall–Kier alpha value is -4.02. The van der Waals surface area contributed by atoms with Gasteiger partial charge < -0.3 is 15.4 Å². The molecule has 0 aliphatic heterocycles. The van der Waals surface area contributed by atoms with E-state index >= 15 is 0 Å². The first-order chi connectivity index (χ1) is 16.8. The average Bonchev–Trinajstić information content (AvgIpc) is 2.87. The minimum Gasteiger partial charge on any atom is -0.487 e. The number of hydrogen-bond donors (Lipinski definition) is 3. The fraction of sp³-hybridized carbons (Fsp3) is 0.160. The lowest BCUT2D eigenvalue weighted by Gasteiger charge is -2.13. The molecule has 0 atom stereocenters. The number of aromatic nitrogens is 3. The molecule has 0 aliphatic carbocycles. The number of rotatable bonds is 9. The lowest BCUT2D eigenvalue weighted by Crippen LogP contribution is -2.19. The van der Waals surface area contributed by atoms with Gasteiger partial charge in [0.25, 0.3) is 0 Å². The van der Waals surface area contributed by atoms with Crippen LogP contribution in [-0.2, 0) is 16.6 Å². The molecule has 0 saturated heterocycles. The van der Waals surface area contributed by atoms with Crippen molar-refractivity contribution in [3.05, 3.63) is 89.9 Å². The highest BCUT2D eigenvalue weighted by molar-refractivity contribution is 7.89. The van der Waals surface area contributed by atoms with Gasteiger partial charge in [0.1, 0.15) is 18.2 Å². The molecule has 0 amide bonds. The number of nitrogens with one attached hydrogen (secondary N) is 3. The second kappa shape index (κ2) is 10.5. The Morgan fingerprint density at radius 1 is 0.886 bits per heavy atom. The molecule has 180 valence electrons. The van der Waals surface area contributed by atoms with Crippen LogP contribution in [0.3, 0.4) is 0 Å². The summed E-state index contributed by atoms with van der Waals surface area (Å²) in [7, 11) is -2.20. The molecule has 0 aliphatic rings. The summed E-state index contributed by atoms with van der Waals surface area (Å²) < 4.78 is 32.7. The van der Waals surface area contributed by atoms with Gasteiger partial charge in [0.2, 0.25) is 16.0 Å². The van der Waals surface area contributed by atoms with Crippen molar-refractivity contribution < 1.29 is 13.2 Å². The van der Waals surface area contributed by atoms with Gasteiger partial charge >= 0.3 is 0 Å². The van der Waals surface area contributed by atoms with Crippen LogP contribution in [0.2, 0.25) is 0 Å². The Labute approximate surface area is 204 Å². The predicted molar refractivity (Wildman–Crippen MR) is 136 cm³/mol. The molecule has 9 nitrogen and oxygen atoms in total. The SMILES string of the molecule is CNS(=O)(=O)c1cc(Nc2ncc(C)c(Nc3ccc(OCc4ccccn4)cc3)n2)ccc1C. The van der Waals surface area contributed by atoms with E-state index in [2.05, 4.69) is 30.3 Å². The van der Waals surface area contributed by atoms with E-state index in [-0.39, 0.29) is 4.90 Å². The van der Waals surface area contributed by atoms with Crippen LogP contribution in [0, 0.1) is 13.8 Å². The Balaban J connectivity index is 1.46. The lowest BCUT2D eigenvalue weighted by atomic mass is 10.2. The molecule has 0 radical (unpaired) electrons. The summed E-state index contributed by atoms with van der Waals surface area (Å²) in [5.41, 5.74) is 3.75. The molecule has 2 aromatic heterocycles. The quantitative estimate of drug-likeness (QED) is 0.315. The van der Waals surface area contributed by atoms with E-state index in [0.29, 0.717) is 29.6 Å². The maximum absolute atomic E-state index is 12.3. The first kappa shape index (κ1) is 24.1. The molecule has 4 rings (SSSR count). The summed E-state index contributed by atoms with van der Waals surface area (Å²) >= 11 is 0. The third-order valence-corrected chi connectivity index (χ3v) is 6.76. The second-order valence-corrected chi connectivity index (χ2v) is 9.65. The minimum atomic E-state index is -3.58. The van der Waals surface area contributed by atoms with Crippen molar-refractivity contribution in [2.24, 2.45) is 0 Å². The predicted octanol–water partition coefficient (Wildman–Crippen LogP) is 4.46. The first-order valence-electron chi connectivity index (χ1n) is 10.9. The van der Waals surface area contributed by atoms with Crippen LogP contribution in [0.1, 0.15) is 16.8 Å². The van der Waals surface area contributed by atoms with Crippen LogP contribution in [-0.4, -0.2) is 30.4 Å². The second-order valence-electron chi connectivity index (χ2n) is 7.80. The maximum Gasteiger partial charge on any atom is 0.240 e. The number of benzene rings is 2. The van der Waals surface area contributed by atoms with E-state index in [4.69, 9.17) is 4.74 Å². The van der Waals surface area contributed by atoms with Gasteiger partial charge in [-0.05, 0) is 75.0 Å². The van der Waals surface area contributed by atoms with E-state index in [9.17, 15) is 8.42 Å². The van der Waals surface area contributed by atoms with Crippen molar-refractivity contribution in [1.29, 1.82) is 0 Å². The van der Waals surface area contributed by atoms with Gasteiger partial charge in [-0.15, -0.1) is 0 Å². The molecular formula is C25H26N6O3S. The highest BCUT2D eigenvalue weighted by atomic mass is 32.2. The molecule has 0 unspecified atom stereocenters. The zero-order valence-electron chi connectivity index (χ0n) is 19.6.